The third-order valence-corrected chi connectivity index (χ3v) is 4.51. The summed E-state index contributed by atoms with van der Waals surface area (Å²) in [6.45, 7) is 3.57. The van der Waals surface area contributed by atoms with Gasteiger partial charge < -0.3 is 9.32 Å². The Morgan fingerprint density at radius 3 is 2.68 bits per heavy atom. The van der Waals surface area contributed by atoms with Gasteiger partial charge in [-0.2, -0.15) is 0 Å². The molecule has 1 amide bonds. The molecule has 1 aromatic heterocycles. The predicted molar refractivity (Wildman–Crippen MR) is 81.1 cm³/mol. The number of carbonyl (C=O) groups is 1. The first kappa shape index (κ1) is 13.5. The molecular weight excluding hydrogens is 278 g/mol. The van der Waals surface area contributed by atoms with Gasteiger partial charge >= 0.3 is 0 Å². The number of likely N-dealkylation sites (tertiary alicyclic amines) is 1. The summed E-state index contributed by atoms with van der Waals surface area (Å²) < 4.78 is 5.84. The van der Waals surface area contributed by atoms with Crippen LogP contribution in [0.3, 0.4) is 0 Å². The molecule has 1 aliphatic carbocycles. The van der Waals surface area contributed by atoms with Crippen molar-refractivity contribution in [1.82, 2.24) is 15.1 Å². The van der Waals surface area contributed by atoms with Crippen molar-refractivity contribution in [3.8, 4) is 11.5 Å². The molecule has 2 fully saturated rings. The average Bonchev–Trinajstić information content (AvgIpc) is 3.06. The lowest BCUT2D eigenvalue weighted by Crippen LogP contribution is -2.29. The second kappa shape index (κ2) is 5.23. The van der Waals surface area contributed by atoms with E-state index in [-0.39, 0.29) is 11.8 Å². The number of amides is 1. The van der Waals surface area contributed by atoms with E-state index in [0.29, 0.717) is 24.2 Å². The summed E-state index contributed by atoms with van der Waals surface area (Å²) in [4.78, 5) is 14.1. The second-order valence-electron chi connectivity index (χ2n) is 6.36. The predicted octanol–water partition coefficient (Wildman–Crippen LogP) is 2.77. The molecule has 1 saturated carbocycles. The number of benzene rings is 1. The molecule has 22 heavy (non-hydrogen) atoms. The highest BCUT2D eigenvalue weighted by Gasteiger charge is 2.38. The Kier molecular flexibility index (Phi) is 3.21. The van der Waals surface area contributed by atoms with Crippen LogP contribution in [0, 0.1) is 12.8 Å². The van der Waals surface area contributed by atoms with Crippen LogP contribution in [0.4, 0.5) is 0 Å². The van der Waals surface area contributed by atoms with Gasteiger partial charge in [-0.15, -0.1) is 10.2 Å². The third kappa shape index (κ3) is 2.51. The number of aromatic nitrogens is 2. The molecule has 4 rings (SSSR count). The number of nitrogens with zero attached hydrogens (tertiary/aromatic N) is 3. The molecule has 0 bridgehead atoms. The van der Waals surface area contributed by atoms with Crippen LogP contribution >= 0.6 is 0 Å². The minimum absolute atomic E-state index is 0.175. The zero-order valence-electron chi connectivity index (χ0n) is 12.7. The number of hydrogen-bond acceptors (Lipinski definition) is 4. The molecule has 0 radical (unpaired) electrons. The standard InChI is InChI=1S/C17H19N3O2/c1-11-2-4-12(5-3-11)15-18-19-16(22-15)14-8-9-20(10-14)17(21)13-6-7-13/h2-5,13-14H,6-10H2,1H3. The average molecular weight is 297 g/mol. The SMILES string of the molecule is Cc1ccc(-c2nnc(C3CCN(C(=O)C4CC4)C3)o2)cc1. The molecule has 5 heteroatoms. The minimum Gasteiger partial charge on any atom is -0.420 e. The number of rotatable bonds is 3. The molecule has 1 atom stereocenters. The van der Waals surface area contributed by atoms with E-state index < -0.39 is 0 Å². The molecular formula is C17H19N3O2. The lowest BCUT2D eigenvalue weighted by molar-refractivity contribution is -0.131. The number of aryl methyl sites for hydroxylation is 1. The summed E-state index contributed by atoms with van der Waals surface area (Å²) in [5.74, 6) is 1.98. The summed E-state index contributed by atoms with van der Waals surface area (Å²) in [6.07, 6.45) is 3.02. The van der Waals surface area contributed by atoms with Gasteiger partial charge in [0.1, 0.15) is 0 Å². The highest BCUT2D eigenvalue weighted by Crippen LogP contribution is 2.35. The zero-order chi connectivity index (χ0) is 15.1. The van der Waals surface area contributed by atoms with Gasteiger partial charge in [0.05, 0.1) is 5.92 Å². The molecule has 0 N–H and O–H groups in total. The van der Waals surface area contributed by atoms with Crippen LogP contribution in [0.5, 0.6) is 0 Å². The van der Waals surface area contributed by atoms with Crippen LogP contribution in [0.15, 0.2) is 28.7 Å². The Morgan fingerprint density at radius 2 is 1.95 bits per heavy atom. The van der Waals surface area contributed by atoms with E-state index in [1.54, 1.807) is 0 Å². The summed E-state index contributed by atoms with van der Waals surface area (Å²) in [5.41, 5.74) is 2.14. The van der Waals surface area contributed by atoms with E-state index in [1.807, 2.05) is 36.1 Å². The van der Waals surface area contributed by atoms with E-state index >= 15 is 0 Å². The lowest BCUT2D eigenvalue weighted by Gasteiger charge is -2.14. The van der Waals surface area contributed by atoms with Crippen LogP contribution in [0.25, 0.3) is 11.5 Å². The van der Waals surface area contributed by atoms with E-state index in [2.05, 4.69) is 10.2 Å². The van der Waals surface area contributed by atoms with Crippen molar-refractivity contribution in [2.24, 2.45) is 5.92 Å². The van der Waals surface area contributed by atoms with Crippen molar-refractivity contribution >= 4 is 5.91 Å². The van der Waals surface area contributed by atoms with Crippen molar-refractivity contribution in [1.29, 1.82) is 0 Å². The Bertz CT molecular complexity index is 688. The first-order chi connectivity index (χ1) is 10.7. The van der Waals surface area contributed by atoms with Crippen LogP contribution in [-0.4, -0.2) is 34.1 Å². The Hall–Kier alpha value is -2.17. The van der Waals surface area contributed by atoms with Gasteiger partial charge in [0, 0.05) is 24.6 Å². The smallest absolute Gasteiger partial charge is 0.247 e. The fourth-order valence-electron chi connectivity index (χ4n) is 2.96. The number of hydrogen-bond donors (Lipinski definition) is 0. The molecule has 2 heterocycles. The van der Waals surface area contributed by atoms with Gasteiger partial charge in [0.2, 0.25) is 17.7 Å². The Morgan fingerprint density at radius 1 is 1.18 bits per heavy atom. The summed E-state index contributed by atoms with van der Waals surface area (Å²) >= 11 is 0. The molecule has 1 aromatic carbocycles. The fraction of sp³-hybridized carbons (Fsp3) is 0.471. The van der Waals surface area contributed by atoms with E-state index in [4.69, 9.17) is 4.42 Å². The number of carbonyl (C=O) groups excluding carboxylic acids is 1. The topological polar surface area (TPSA) is 59.2 Å². The second-order valence-corrected chi connectivity index (χ2v) is 6.36. The van der Waals surface area contributed by atoms with Crippen LogP contribution in [0.2, 0.25) is 0 Å². The Balaban J connectivity index is 1.47. The van der Waals surface area contributed by atoms with Gasteiger partial charge in [-0.05, 0) is 38.3 Å². The summed E-state index contributed by atoms with van der Waals surface area (Å²) in [6, 6.07) is 8.05. The molecule has 5 nitrogen and oxygen atoms in total. The van der Waals surface area contributed by atoms with Gasteiger partial charge in [-0.25, -0.2) is 0 Å². The fourth-order valence-corrected chi connectivity index (χ4v) is 2.96. The molecule has 1 aliphatic heterocycles. The molecule has 2 aliphatic rings. The van der Waals surface area contributed by atoms with Crippen LogP contribution < -0.4 is 0 Å². The third-order valence-electron chi connectivity index (χ3n) is 4.51. The quantitative estimate of drug-likeness (QED) is 0.874. The molecule has 1 saturated heterocycles. The summed E-state index contributed by atoms with van der Waals surface area (Å²) in [5, 5.41) is 8.35. The minimum atomic E-state index is 0.175. The van der Waals surface area contributed by atoms with Crippen LogP contribution in [-0.2, 0) is 4.79 Å². The van der Waals surface area contributed by atoms with Crippen molar-refractivity contribution in [3.63, 3.8) is 0 Å². The normalized spacial score (nSPS) is 21.3. The summed E-state index contributed by atoms with van der Waals surface area (Å²) in [7, 11) is 0. The van der Waals surface area contributed by atoms with Crippen molar-refractivity contribution in [2.75, 3.05) is 13.1 Å². The van der Waals surface area contributed by atoms with Crippen molar-refractivity contribution in [3.05, 3.63) is 35.7 Å². The maximum Gasteiger partial charge on any atom is 0.247 e. The van der Waals surface area contributed by atoms with E-state index in [0.717, 1.165) is 31.4 Å². The Labute approximate surface area is 129 Å². The van der Waals surface area contributed by atoms with Gasteiger partial charge in [0.15, 0.2) is 0 Å². The maximum atomic E-state index is 12.1. The van der Waals surface area contributed by atoms with Crippen molar-refractivity contribution < 1.29 is 9.21 Å². The van der Waals surface area contributed by atoms with Gasteiger partial charge in [0.25, 0.3) is 0 Å². The molecule has 0 spiro atoms. The van der Waals surface area contributed by atoms with E-state index in [1.165, 1.54) is 5.56 Å². The highest BCUT2D eigenvalue weighted by atomic mass is 16.4. The molecule has 2 aromatic rings. The largest absolute Gasteiger partial charge is 0.420 e. The highest BCUT2D eigenvalue weighted by molar-refractivity contribution is 5.81. The van der Waals surface area contributed by atoms with Gasteiger partial charge in [-0.3, -0.25) is 4.79 Å². The van der Waals surface area contributed by atoms with Crippen LogP contribution in [0.1, 0.15) is 36.6 Å². The molecule has 1 unspecified atom stereocenters. The maximum absolute atomic E-state index is 12.1. The monoisotopic (exact) mass is 297 g/mol. The zero-order valence-corrected chi connectivity index (χ0v) is 12.7. The first-order valence-electron chi connectivity index (χ1n) is 7.90. The molecule has 114 valence electrons. The lowest BCUT2D eigenvalue weighted by atomic mass is 10.1. The van der Waals surface area contributed by atoms with E-state index in [9.17, 15) is 4.79 Å². The van der Waals surface area contributed by atoms with Crippen molar-refractivity contribution in [2.45, 2.75) is 32.1 Å². The first-order valence-corrected chi connectivity index (χ1v) is 7.90. The van der Waals surface area contributed by atoms with Gasteiger partial charge in [-0.1, -0.05) is 17.7 Å².